The minimum atomic E-state index is 0.265. The van der Waals surface area contributed by atoms with Crippen molar-refractivity contribution in [1.82, 2.24) is 0 Å². The van der Waals surface area contributed by atoms with Crippen LogP contribution in [-0.2, 0) is 0 Å². The first-order valence-electron chi connectivity index (χ1n) is 4.59. The molecule has 0 heterocycles. The lowest BCUT2D eigenvalue weighted by Gasteiger charge is -2.10. The first-order valence-corrected chi connectivity index (χ1v) is 5.38. The summed E-state index contributed by atoms with van der Waals surface area (Å²) in [5.74, 6) is 0.955. The lowest BCUT2D eigenvalue weighted by Crippen LogP contribution is -1.88. The minimum Gasteiger partial charge on any atom is -0.508 e. The molecule has 0 aliphatic rings. The quantitative estimate of drug-likeness (QED) is 0.855. The molecule has 0 aliphatic carbocycles. The van der Waals surface area contributed by atoms with Crippen LogP contribution in [0.15, 0.2) is 28.7 Å². The average molecular weight is 267 g/mol. The van der Waals surface area contributed by atoms with Crippen LogP contribution >= 0.6 is 15.9 Å². The molecule has 15 heavy (non-hydrogen) atoms. The fourth-order valence-corrected chi connectivity index (χ4v) is 2.03. The van der Waals surface area contributed by atoms with Crippen LogP contribution in [-0.4, -0.2) is 12.2 Å². The van der Waals surface area contributed by atoms with Gasteiger partial charge < -0.3 is 9.84 Å². The van der Waals surface area contributed by atoms with E-state index in [2.05, 4.69) is 15.9 Å². The van der Waals surface area contributed by atoms with Crippen LogP contribution in [0.4, 0.5) is 0 Å². The van der Waals surface area contributed by atoms with E-state index in [0.717, 1.165) is 20.8 Å². The monoisotopic (exact) mass is 266 g/mol. The van der Waals surface area contributed by atoms with Crippen LogP contribution < -0.4 is 4.74 Å². The summed E-state index contributed by atoms with van der Waals surface area (Å²) in [6.45, 7) is 1.89. The van der Waals surface area contributed by atoms with Crippen molar-refractivity contribution in [2.45, 2.75) is 6.92 Å². The number of benzene rings is 2. The Balaban J connectivity index is 2.90. The van der Waals surface area contributed by atoms with Crippen molar-refractivity contribution in [2.24, 2.45) is 0 Å². The summed E-state index contributed by atoms with van der Waals surface area (Å²) in [5.41, 5.74) is 0.873. The molecule has 78 valence electrons. The van der Waals surface area contributed by atoms with Gasteiger partial charge in [-0.25, -0.2) is 0 Å². The maximum Gasteiger partial charge on any atom is 0.130 e. The van der Waals surface area contributed by atoms with E-state index in [1.54, 1.807) is 13.2 Å². The fourth-order valence-electron chi connectivity index (χ4n) is 1.66. The first-order chi connectivity index (χ1) is 7.13. The molecule has 0 amide bonds. The van der Waals surface area contributed by atoms with Crippen molar-refractivity contribution in [1.29, 1.82) is 0 Å². The Morgan fingerprint density at radius 2 is 1.93 bits per heavy atom. The lowest BCUT2D eigenvalue weighted by atomic mass is 10.0. The Morgan fingerprint density at radius 1 is 1.20 bits per heavy atom. The molecule has 2 rings (SSSR count). The SMILES string of the molecule is COc1cc(O)c(C)c2ccc(Br)cc12. The smallest absolute Gasteiger partial charge is 0.130 e. The van der Waals surface area contributed by atoms with Gasteiger partial charge in [0, 0.05) is 15.9 Å². The van der Waals surface area contributed by atoms with E-state index in [9.17, 15) is 5.11 Å². The summed E-state index contributed by atoms with van der Waals surface area (Å²) >= 11 is 3.42. The normalized spacial score (nSPS) is 10.6. The van der Waals surface area contributed by atoms with Gasteiger partial charge in [0.15, 0.2) is 0 Å². The summed E-state index contributed by atoms with van der Waals surface area (Å²) in [6, 6.07) is 7.55. The van der Waals surface area contributed by atoms with Gasteiger partial charge >= 0.3 is 0 Å². The zero-order valence-corrected chi connectivity index (χ0v) is 10.1. The molecular weight excluding hydrogens is 256 g/mol. The van der Waals surface area contributed by atoms with Gasteiger partial charge in [-0.1, -0.05) is 22.0 Å². The molecule has 3 heteroatoms. The Labute approximate surface area is 96.6 Å². The maximum atomic E-state index is 9.71. The molecule has 2 aromatic carbocycles. The van der Waals surface area contributed by atoms with E-state index in [0.29, 0.717) is 5.75 Å². The van der Waals surface area contributed by atoms with Gasteiger partial charge in [0.2, 0.25) is 0 Å². The number of fused-ring (bicyclic) bond motifs is 1. The van der Waals surface area contributed by atoms with Crippen LogP contribution in [0, 0.1) is 6.92 Å². The lowest BCUT2D eigenvalue weighted by molar-refractivity contribution is 0.412. The van der Waals surface area contributed by atoms with Crippen molar-refractivity contribution in [2.75, 3.05) is 7.11 Å². The number of halogens is 1. The second-order valence-electron chi connectivity index (χ2n) is 3.41. The molecular formula is C12H11BrO2. The third-order valence-electron chi connectivity index (χ3n) is 2.52. The molecule has 0 aliphatic heterocycles. The number of ether oxygens (including phenoxy) is 1. The molecule has 2 nitrogen and oxygen atoms in total. The Kier molecular flexibility index (Phi) is 2.57. The van der Waals surface area contributed by atoms with E-state index in [4.69, 9.17) is 4.74 Å². The molecule has 0 spiro atoms. The number of rotatable bonds is 1. The topological polar surface area (TPSA) is 29.5 Å². The molecule has 0 atom stereocenters. The summed E-state index contributed by atoms with van der Waals surface area (Å²) in [4.78, 5) is 0. The Hall–Kier alpha value is -1.22. The van der Waals surface area contributed by atoms with Crippen LogP contribution in [0.25, 0.3) is 10.8 Å². The van der Waals surface area contributed by atoms with E-state index in [1.807, 2.05) is 25.1 Å². The summed E-state index contributed by atoms with van der Waals surface area (Å²) in [6.07, 6.45) is 0. The zero-order valence-electron chi connectivity index (χ0n) is 8.54. The number of methoxy groups -OCH3 is 1. The molecule has 2 aromatic rings. The number of hydrogen-bond donors (Lipinski definition) is 1. The summed E-state index contributed by atoms with van der Waals surface area (Å²) in [5, 5.41) is 11.7. The van der Waals surface area contributed by atoms with Crippen LogP contribution in [0.2, 0.25) is 0 Å². The summed E-state index contributed by atoms with van der Waals surface area (Å²) in [7, 11) is 1.60. The predicted octanol–water partition coefficient (Wildman–Crippen LogP) is 3.62. The second-order valence-corrected chi connectivity index (χ2v) is 4.33. The number of aryl methyl sites for hydroxylation is 1. The standard InChI is InChI=1S/C12H11BrO2/c1-7-9-4-3-8(13)5-10(9)12(15-2)6-11(7)14/h3-6,14H,1-2H3. The first kappa shape index (κ1) is 10.3. The highest BCUT2D eigenvalue weighted by molar-refractivity contribution is 9.10. The highest BCUT2D eigenvalue weighted by Crippen LogP contribution is 2.35. The number of aromatic hydroxyl groups is 1. The van der Waals surface area contributed by atoms with Gasteiger partial charge in [0.25, 0.3) is 0 Å². The van der Waals surface area contributed by atoms with Crippen LogP contribution in [0.5, 0.6) is 11.5 Å². The molecule has 0 unspecified atom stereocenters. The molecule has 0 saturated carbocycles. The summed E-state index contributed by atoms with van der Waals surface area (Å²) < 4.78 is 6.24. The number of phenols is 1. The third kappa shape index (κ3) is 1.67. The molecule has 0 bridgehead atoms. The average Bonchev–Trinajstić information content (AvgIpc) is 2.23. The van der Waals surface area contributed by atoms with Gasteiger partial charge in [-0.2, -0.15) is 0 Å². The Morgan fingerprint density at radius 3 is 2.60 bits per heavy atom. The van der Waals surface area contributed by atoms with Crippen molar-refractivity contribution < 1.29 is 9.84 Å². The second kappa shape index (κ2) is 3.74. The predicted molar refractivity (Wildman–Crippen MR) is 64.6 cm³/mol. The number of hydrogen-bond acceptors (Lipinski definition) is 2. The van der Waals surface area contributed by atoms with Crippen LogP contribution in [0.3, 0.4) is 0 Å². The number of phenolic OH excluding ortho intramolecular Hbond substituents is 1. The minimum absolute atomic E-state index is 0.265. The van der Waals surface area contributed by atoms with Crippen molar-refractivity contribution in [3.63, 3.8) is 0 Å². The van der Waals surface area contributed by atoms with Gasteiger partial charge in [-0.05, 0) is 30.0 Å². The van der Waals surface area contributed by atoms with Gasteiger partial charge in [-0.15, -0.1) is 0 Å². The van der Waals surface area contributed by atoms with Crippen molar-refractivity contribution >= 4 is 26.7 Å². The van der Waals surface area contributed by atoms with E-state index in [-0.39, 0.29) is 5.75 Å². The van der Waals surface area contributed by atoms with E-state index in [1.165, 1.54) is 0 Å². The third-order valence-corrected chi connectivity index (χ3v) is 3.02. The van der Waals surface area contributed by atoms with E-state index >= 15 is 0 Å². The van der Waals surface area contributed by atoms with Gasteiger partial charge in [0.05, 0.1) is 7.11 Å². The fraction of sp³-hybridized carbons (Fsp3) is 0.167. The zero-order chi connectivity index (χ0) is 11.0. The van der Waals surface area contributed by atoms with Crippen LogP contribution in [0.1, 0.15) is 5.56 Å². The molecule has 0 radical (unpaired) electrons. The molecule has 1 N–H and O–H groups in total. The van der Waals surface area contributed by atoms with Crippen molar-refractivity contribution in [3.05, 3.63) is 34.3 Å². The highest BCUT2D eigenvalue weighted by atomic mass is 79.9. The maximum absolute atomic E-state index is 9.71. The largest absolute Gasteiger partial charge is 0.508 e. The van der Waals surface area contributed by atoms with E-state index < -0.39 is 0 Å². The highest BCUT2D eigenvalue weighted by Gasteiger charge is 2.08. The molecule has 0 saturated heterocycles. The van der Waals surface area contributed by atoms with Crippen molar-refractivity contribution in [3.8, 4) is 11.5 Å². The van der Waals surface area contributed by atoms with Gasteiger partial charge in [-0.3, -0.25) is 0 Å². The Bertz CT molecular complexity index is 521. The molecule has 0 aromatic heterocycles. The molecule has 0 fully saturated rings. The van der Waals surface area contributed by atoms with Gasteiger partial charge in [0.1, 0.15) is 11.5 Å².